The molecule has 2 aliphatic carbocycles. The number of hydrogen-bond donors (Lipinski definition) is 0. The van der Waals surface area contributed by atoms with Crippen LogP contribution >= 0.6 is 23.5 Å². The van der Waals surface area contributed by atoms with E-state index >= 15 is 0 Å². The van der Waals surface area contributed by atoms with E-state index < -0.39 is 0 Å². The molecule has 0 fully saturated rings. The van der Waals surface area contributed by atoms with Crippen LogP contribution in [0, 0.1) is 34.5 Å². The minimum absolute atomic E-state index is 0.0546. The van der Waals surface area contributed by atoms with E-state index in [9.17, 15) is 10.5 Å². The minimum atomic E-state index is -0.177. The Balaban J connectivity index is 1.48. The molecule has 0 saturated heterocycles. The number of rotatable bonds is 6. The SMILES string of the molecule is N#CC(Sc1ccccc1)C1C=CC2=CC(C(C#N)Sc3ccccc3)C=CC2=C1. The molecule has 0 radical (unpaired) electrons. The molecule has 2 aromatic carbocycles. The molecule has 4 rings (SSSR count). The number of nitrogens with zero attached hydrogens (tertiary/aromatic N) is 2. The molecule has 0 aromatic heterocycles. The van der Waals surface area contributed by atoms with Crippen molar-refractivity contribution >= 4 is 23.5 Å². The van der Waals surface area contributed by atoms with Crippen LogP contribution in [0.5, 0.6) is 0 Å². The third-order valence-corrected chi connectivity index (χ3v) is 7.48. The lowest BCUT2D eigenvalue weighted by Crippen LogP contribution is -2.18. The summed E-state index contributed by atoms with van der Waals surface area (Å²) in [4.78, 5) is 2.21. The molecule has 0 heterocycles. The highest BCUT2D eigenvalue weighted by molar-refractivity contribution is 8.00. The lowest BCUT2D eigenvalue weighted by atomic mass is 9.84. The average molecular weight is 425 g/mol. The second-order valence-corrected chi connectivity index (χ2v) is 9.51. The van der Waals surface area contributed by atoms with Crippen molar-refractivity contribution in [1.82, 2.24) is 0 Å². The normalized spacial score (nSPS) is 21.4. The van der Waals surface area contributed by atoms with Gasteiger partial charge in [0.05, 0.1) is 12.1 Å². The fourth-order valence-corrected chi connectivity index (χ4v) is 5.47. The summed E-state index contributed by atoms with van der Waals surface area (Å²) < 4.78 is 0. The Bertz CT molecular complexity index is 996. The zero-order valence-electron chi connectivity index (χ0n) is 16.3. The Kier molecular flexibility index (Phi) is 6.60. The van der Waals surface area contributed by atoms with Gasteiger partial charge in [0.2, 0.25) is 0 Å². The lowest BCUT2D eigenvalue weighted by molar-refractivity contribution is 0.818. The Morgan fingerprint density at radius 3 is 1.40 bits per heavy atom. The number of fused-ring (bicyclic) bond motifs is 1. The van der Waals surface area contributed by atoms with Gasteiger partial charge in [-0.3, -0.25) is 0 Å². The van der Waals surface area contributed by atoms with Crippen molar-refractivity contribution in [3.8, 4) is 12.1 Å². The largest absolute Gasteiger partial charge is 0.197 e. The van der Waals surface area contributed by atoms with Crippen molar-refractivity contribution in [2.75, 3.05) is 0 Å². The van der Waals surface area contributed by atoms with Gasteiger partial charge in [0.25, 0.3) is 0 Å². The maximum absolute atomic E-state index is 9.72. The van der Waals surface area contributed by atoms with Gasteiger partial charge in [-0.1, -0.05) is 72.9 Å². The van der Waals surface area contributed by atoms with E-state index in [2.05, 4.69) is 48.6 Å². The van der Waals surface area contributed by atoms with Crippen molar-refractivity contribution < 1.29 is 0 Å². The maximum Gasteiger partial charge on any atom is 0.106 e. The molecule has 0 amide bonds. The predicted octanol–water partition coefficient (Wildman–Crippen LogP) is 6.58. The van der Waals surface area contributed by atoms with Crippen LogP contribution in [0.25, 0.3) is 0 Å². The Labute approximate surface area is 186 Å². The van der Waals surface area contributed by atoms with Crippen LogP contribution < -0.4 is 0 Å². The van der Waals surface area contributed by atoms with Gasteiger partial charge >= 0.3 is 0 Å². The van der Waals surface area contributed by atoms with Crippen LogP contribution in [-0.4, -0.2) is 10.5 Å². The molecule has 30 heavy (non-hydrogen) atoms. The molecule has 4 heteroatoms. The molecule has 0 aliphatic heterocycles. The zero-order valence-corrected chi connectivity index (χ0v) is 17.9. The van der Waals surface area contributed by atoms with Gasteiger partial charge in [-0.05, 0) is 35.4 Å². The highest BCUT2D eigenvalue weighted by atomic mass is 32.2. The number of benzene rings is 2. The van der Waals surface area contributed by atoms with Gasteiger partial charge in [0, 0.05) is 21.6 Å². The first-order chi connectivity index (χ1) is 14.8. The van der Waals surface area contributed by atoms with Gasteiger partial charge in [-0.2, -0.15) is 10.5 Å². The van der Waals surface area contributed by atoms with E-state index in [0.717, 1.165) is 20.9 Å². The molecule has 0 N–H and O–H groups in total. The van der Waals surface area contributed by atoms with Gasteiger partial charge in [-0.25, -0.2) is 0 Å². The van der Waals surface area contributed by atoms with Crippen molar-refractivity contribution in [3.63, 3.8) is 0 Å². The topological polar surface area (TPSA) is 47.6 Å². The molecule has 2 nitrogen and oxygen atoms in total. The van der Waals surface area contributed by atoms with Crippen LogP contribution in [0.3, 0.4) is 0 Å². The van der Waals surface area contributed by atoms with Crippen molar-refractivity contribution in [2.24, 2.45) is 11.8 Å². The van der Waals surface area contributed by atoms with E-state index in [1.807, 2.05) is 60.7 Å². The molecule has 2 aromatic rings. The maximum atomic E-state index is 9.72. The lowest BCUT2D eigenvalue weighted by Gasteiger charge is -2.25. The van der Waals surface area contributed by atoms with Crippen molar-refractivity contribution in [2.45, 2.75) is 20.3 Å². The quantitative estimate of drug-likeness (QED) is 0.491. The standard InChI is InChI=1S/C26H20N2S2/c27-17-25(29-23-7-3-1-4-8-23)21-13-11-20-16-22(14-12-19(20)15-21)26(18-28)30-24-9-5-2-6-10-24/h1-16,21-22,25-26H. The van der Waals surface area contributed by atoms with Crippen LogP contribution in [-0.2, 0) is 0 Å². The van der Waals surface area contributed by atoms with E-state index in [1.54, 1.807) is 23.5 Å². The van der Waals surface area contributed by atoms with Crippen molar-refractivity contribution in [1.29, 1.82) is 10.5 Å². The molecule has 0 saturated carbocycles. The van der Waals surface area contributed by atoms with Crippen LogP contribution in [0.2, 0.25) is 0 Å². The fraction of sp³-hybridized carbons (Fsp3) is 0.154. The Morgan fingerprint density at radius 1 is 0.633 bits per heavy atom. The van der Waals surface area contributed by atoms with Gasteiger partial charge < -0.3 is 0 Å². The molecule has 2 aliphatic rings. The number of hydrogen-bond acceptors (Lipinski definition) is 4. The Morgan fingerprint density at radius 2 is 1.03 bits per heavy atom. The summed E-state index contributed by atoms with van der Waals surface area (Å²) >= 11 is 3.20. The summed E-state index contributed by atoms with van der Waals surface area (Å²) in [6, 6.07) is 25.0. The summed E-state index contributed by atoms with van der Waals surface area (Å²) in [5.41, 5.74) is 2.27. The van der Waals surface area contributed by atoms with E-state index in [-0.39, 0.29) is 22.3 Å². The Hall–Kier alpha value is -2.92. The van der Waals surface area contributed by atoms with Crippen molar-refractivity contribution in [3.05, 3.63) is 108 Å². The fourth-order valence-electron chi connectivity index (χ4n) is 3.50. The van der Waals surface area contributed by atoms with E-state index in [0.29, 0.717) is 0 Å². The van der Waals surface area contributed by atoms with Gasteiger partial charge in [0.15, 0.2) is 0 Å². The number of thioether (sulfide) groups is 2. The third kappa shape index (κ3) is 4.79. The molecule has 146 valence electrons. The second-order valence-electron chi connectivity index (χ2n) is 7.08. The monoisotopic (exact) mass is 424 g/mol. The molecule has 0 bridgehead atoms. The highest BCUT2D eigenvalue weighted by Crippen LogP contribution is 2.38. The molecule has 4 atom stereocenters. The zero-order chi connectivity index (χ0) is 20.8. The van der Waals surface area contributed by atoms with Gasteiger partial charge in [0.1, 0.15) is 10.5 Å². The highest BCUT2D eigenvalue weighted by Gasteiger charge is 2.26. The van der Waals surface area contributed by atoms with Crippen LogP contribution in [0.4, 0.5) is 0 Å². The first-order valence-corrected chi connectivity index (χ1v) is 11.6. The summed E-state index contributed by atoms with van der Waals surface area (Å²) in [6.45, 7) is 0. The minimum Gasteiger partial charge on any atom is -0.197 e. The molecular weight excluding hydrogens is 404 g/mol. The molecular formula is C26H20N2S2. The van der Waals surface area contributed by atoms with E-state index in [1.165, 1.54) is 0 Å². The predicted molar refractivity (Wildman–Crippen MR) is 125 cm³/mol. The number of allylic oxidation sites excluding steroid dienone is 8. The average Bonchev–Trinajstić information content (AvgIpc) is 2.81. The second kappa shape index (κ2) is 9.72. The molecule has 4 unspecified atom stereocenters. The summed E-state index contributed by atoms with van der Waals surface area (Å²) in [6.07, 6.45) is 12.8. The van der Waals surface area contributed by atoms with Gasteiger partial charge in [-0.15, -0.1) is 23.5 Å². The summed E-state index contributed by atoms with van der Waals surface area (Å²) in [5.74, 6) is 0.109. The smallest absolute Gasteiger partial charge is 0.106 e. The molecule has 0 spiro atoms. The first-order valence-electron chi connectivity index (χ1n) is 9.80. The third-order valence-electron chi connectivity index (χ3n) is 5.04. The first kappa shape index (κ1) is 20.4. The number of nitriles is 2. The summed E-state index contributed by atoms with van der Waals surface area (Å²) in [7, 11) is 0. The van der Waals surface area contributed by atoms with Crippen LogP contribution in [0.1, 0.15) is 0 Å². The van der Waals surface area contributed by atoms with E-state index in [4.69, 9.17) is 0 Å². The van der Waals surface area contributed by atoms with Crippen LogP contribution in [0.15, 0.2) is 118 Å². The summed E-state index contributed by atoms with van der Waals surface area (Å²) in [5, 5.41) is 19.1.